The molecule has 1 heterocycles. The molecular weight excluding hydrogens is 226 g/mol. The zero-order valence-corrected chi connectivity index (χ0v) is 10.5. The van der Waals surface area contributed by atoms with E-state index in [2.05, 4.69) is 16.3 Å². The predicted octanol–water partition coefficient (Wildman–Crippen LogP) is 0.887. The van der Waals surface area contributed by atoms with Crippen molar-refractivity contribution < 1.29 is 5.11 Å². The van der Waals surface area contributed by atoms with Crippen LogP contribution in [0.15, 0.2) is 24.3 Å². The molecule has 1 atom stereocenters. The monoisotopic (exact) mass is 245 g/mol. The number of hydrogen-bond acceptors (Lipinski definition) is 4. The summed E-state index contributed by atoms with van der Waals surface area (Å²) in [5, 5.41) is 21.5. The first-order valence-corrected chi connectivity index (χ1v) is 6.41. The Balaban J connectivity index is 2.19. The van der Waals surface area contributed by atoms with Crippen LogP contribution >= 0.6 is 0 Å². The highest BCUT2D eigenvalue weighted by atomic mass is 16.3. The van der Waals surface area contributed by atoms with Crippen molar-refractivity contribution in [3.63, 3.8) is 0 Å². The second-order valence-corrected chi connectivity index (χ2v) is 4.55. The molecule has 4 nitrogen and oxygen atoms in total. The normalized spacial score (nSPS) is 18.2. The molecule has 0 aliphatic carbocycles. The Morgan fingerprint density at radius 3 is 2.83 bits per heavy atom. The highest BCUT2D eigenvalue weighted by Crippen LogP contribution is 2.25. The Kier molecular flexibility index (Phi) is 4.71. The molecule has 1 saturated heterocycles. The zero-order valence-electron chi connectivity index (χ0n) is 10.5. The van der Waals surface area contributed by atoms with Crippen LogP contribution < -0.4 is 5.32 Å². The third-order valence-corrected chi connectivity index (χ3v) is 3.40. The average Bonchev–Trinajstić information content (AvgIpc) is 2.46. The third kappa shape index (κ3) is 3.08. The lowest BCUT2D eigenvalue weighted by Crippen LogP contribution is -2.45. The summed E-state index contributed by atoms with van der Waals surface area (Å²) in [6.07, 6.45) is 0.717. The molecular formula is C14H19N3O. The number of nitriles is 1. The molecule has 0 aromatic heterocycles. The van der Waals surface area contributed by atoms with E-state index in [1.165, 1.54) is 0 Å². The fourth-order valence-corrected chi connectivity index (χ4v) is 2.49. The van der Waals surface area contributed by atoms with Gasteiger partial charge in [0.25, 0.3) is 0 Å². The number of aliphatic hydroxyl groups is 1. The summed E-state index contributed by atoms with van der Waals surface area (Å²) in [4.78, 5) is 2.38. The van der Waals surface area contributed by atoms with Crippen LogP contribution in [0.4, 0.5) is 0 Å². The highest BCUT2D eigenvalue weighted by Gasteiger charge is 2.21. The molecule has 0 radical (unpaired) electrons. The van der Waals surface area contributed by atoms with E-state index in [-0.39, 0.29) is 12.6 Å². The Morgan fingerprint density at radius 2 is 2.17 bits per heavy atom. The molecule has 18 heavy (non-hydrogen) atoms. The van der Waals surface area contributed by atoms with Gasteiger partial charge >= 0.3 is 0 Å². The van der Waals surface area contributed by atoms with E-state index in [4.69, 9.17) is 5.26 Å². The summed E-state index contributed by atoms with van der Waals surface area (Å²) in [6, 6.07) is 10.1. The molecule has 0 unspecified atom stereocenters. The molecule has 1 fully saturated rings. The number of rotatable bonds is 4. The summed E-state index contributed by atoms with van der Waals surface area (Å²) in [5.74, 6) is 0. The Labute approximate surface area is 108 Å². The molecule has 1 aliphatic rings. The number of benzene rings is 1. The molecule has 96 valence electrons. The number of nitrogens with one attached hydrogen (secondary N) is 1. The summed E-state index contributed by atoms with van der Waals surface area (Å²) >= 11 is 0. The summed E-state index contributed by atoms with van der Waals surface area (Å²) in [5.41, 5.74) is 1.82. The van der Waals surface area contributed by atoms with E-state index in [1.54, 1.807) is 0 Å². The van der Waals surface area contributed by atoms with Gasteiger partial charge in [0, 0.05) is 38.8 Å². The Hall–Kier alpha value is -1.41. The van der Waals surface area contributed by atoms with Gasteiger partial charge in [0.2, 0.25) is 0 Å². The molecule has 0 spiro atoms. The standard InChI is InChI=1S/C14H19N3O/c15-11-12-2-1-3-13(10-12)14(4-9-18)17-7-5-16-6-8-17/h1-3,10,14,16,18H,4-9H2/t14-/m1/s1. The van der Waals surface area contributed by atoms with Gasteiger partial charge in [-0.1, -0.05) is 12.1 Å². The molecule has 0 amide bonds. The molecule has 1 aliphatic heterocycles. The van der Waals surface area contributed by atoms with E-state index in [9.17, 15) is 5.11 Å². The van der Waals surface area contributed by atoms with Gasteiger partial charge < -0.3 is 10.4 Å². The van der Waals surface area contributed by atoms with Crippen molar-refractivity contribution in [2.45, 2.75) is 12.5 Å². The lowest BCUT2D eigenvalue weighted by molar-refractivity contribution is 0.141. The maximum absolute atomic E-state index is 9.25. The van der Waals surface area contributed by atoms with E-state index in [1.807, 2.05) is 24.3 Å². The minimum atomic E-state index is 0.172. The summed E-state index contributed by atoms with van der Waals surface area (Å²) < 4.78 is 0. The number of aliphatic hydroxyl groups excluding tert-OH is 1. The fraction of sp³-hybridized carbons (Fsp3) is 0.500. The van der Waals surface area contributed by atoms with Crippen molar-refractivity contribution in [3.05, 3.63) is 35.4 Å². The molecule has 1 aromatic carbocycles. The van der Waals surface area contributed by atoms with Gasteiger partial charge in [0.1, 0.15) is 0 Å². The van der Waals surface area contributed by atoms with Crippen molar-refractivity contribution in [1.29, 1.82) is 5.26 Å². The zero-order chi connectivity index (χ0) is 12.8. The van der Waals surface area contributed by atoms with Gasteiger partial charge in [-0.15, -0.1) is 0 Å². The van der Waals surface area contributed by atoms with Crippen LogP contribution in [0.1, 0.15) is 23.6 Å². The van der Waals surface area contributed by atoms with Crippen molar-refractivity contribution in [2.75, 3.05) is 32.8 Å². The molecule has 1 aromatic rings. The Morgan fingerprint density at radius 1 is 1.39 bits per heavy atom. The lowest BCUT2D eigenvalue weighted by Gasteiger charge is -2.35. The summed E-state index contributed by atoms with van der Waals surface area (Å²) in [6.45, 7) is 4.12. The minimum Gasteiger partial charge on any atom is -0.396 e. The van der Waals surface area contributed by atoms with E-state index in [0.717, 1.165) is 38.2 Å². The first-order chi connectivity index (χ1) is 8.85. The van der Waals surface area contributed by atoms with Crippen molar-refractivity contribution in [3.8, 4) is 6.07 Å². The molecule has 0 bridgehead atoms. The topological polar surface area (TPSA) is 59.3 Å². The van der Waals surface area contributed by atoms with Crippen LogP contribution in [-0.2, 0) is 0 Å². The first-order valence-electron chi connectivity index (χ1n) is 6.41. The number of nitrogens with zero attached hydrogens (tertiary/aromatic N) is 2. The van der Waals surface area contributed by atoms with Crippen molar-refractivity contribution in [2.24, 2.45) is 0 Å². The highest BCUT2D eigenvalue weighted by molar-refractivity contribution is 5.34. The Bertz CT molecular complexity index is 421. The van der Waals surface area contributed by atoms with Gasteiger partial charge in [0.05, 0.1) is 11.6 Å². The summed E-state index contributed by atoms with van der Waals surface area (Å²) in [7, 11) is 0. The molecule has 4 heteroatoms. The van der Waals surface area contributed by atoms with Gasteiger partial charge in [-0.05, 0) is 24.1 Å². The number of piperazine rings is 1. The van der Waals surface area contributed by atoms with Crippen LogP contribution in [0.25, 0.3) is 0 Å². The fourth-order valence-electron chi connectivity index (χ4n) is 2.49. The van der Waals surface area contributed by atoms with Gasteiger partial charge in [-0.2, -0.15) is 5.26 Å². The maximum atomic E-state index is 9.25. The van der Waals surface area contributed by atoms with E-state index < -0.39 is 0 Å². The first kappa shape index (κ1) is 13.0. The maximum Gasteiger partial charge on any atom is 0.0991 e. The second-order valence-electron chi connectivity index (χ2n) is 4.55. The third-order valence-electron chi connectivity index (χ3n) is 3.40. The minimum absolute atomic E-state index is 0.172. The predicted molar refractivity (Wildman–Crippen MR) is 70.0 cm³/mol. The number of hydrogen-bond donors (Lipinski definition) is 2. The second kappa shape index (κ2) is 6.50. The van der Waals surface area contributed by atoms with Crippen molar-refractivity contribution >= 4 is 0 Å². The molecule has 2 rings (SSSR count). The average molecular weight is 245 g/mol. The van der Waals surface area contributed by atoms with E-state index in [0.29, 0.717) is 5.56 Å². The van der Waals surface area contributed by atoms with E-state index >= 15 is 0 Å². The van der Waals surface area contributed by atoms with Gasteiger partial charge in [0.15, 0.2) is 0 Å². The smallest absolute Gasteiger partial charge is 0.0991 e. The lowest BCUT2D eigenvalue weighted by atomic mass is 9.99. The van der Waals surface area contributed by atoms with Crippen LogP contribution in [-0.4, -0.2) is 42.8 Å². The van der Waals surface area contributed by atoms with Crippen LogP contribution in [0, 0.1) is 11.3 Å². The van der Waals surface area contributed by atoms with Crippen LogP contribution in [0.3, 0.4) is 0 Å². The largest absolute Gasteiger partial charge is 0.396 e. The van der Waals surface area contributed by atoms with Gasteiger partial charge in [-0.3, -0.25) is 4.90 Å². The van der Waals surface area contributed by atoms with Gasteiger partial charge in [-0.25, -0.2) is 0 Å². The quantitative estimate of drug-likeness (QED) is 0.827. The van der Waals surface area contributed by atoms with Crippen LogP contribution in [0.5, 0.6) is 0 Å². The molecule has 2 N–H and O–H groups in total. The van der Waals surface area contributed by atoms with Crippen molar-refractivity contribution in [1.82, 2.24) is 10.2 Å². The molecule has 0 saturated carbocycles. The SMILES string of the molecule is N#Cc1cccc([C@@H](CCO)N2CCNCC2)c1. The van der Waals surface area contributed by atoms with Crippen LogP contribution in [0.2, 0.25) is 0 Å².